The fourth-order valence-corrected chi connectivity index (χ4v) is 3.76. The van der Waals surface area contributed by atoms with Gasteiger partial charge in [0.1, 0.15) is 5.76 Å². The third kappa shape index (κ3) is 4.03. The predicted octanol–water partition coefficient (Wildman–Crippen LogP) is 2.19. The molecule has 3 rings (SSSR count). The van der Waals surface area contributed by atoms with Gasteiger partial charge in [-0.1, -0.05) is 6.42 Å². The standard InChI is InChI=1S/C17H27N3O2/c1-21-10-8-19-17(18-7-6-15-3-2-9-22-15)20-16-12-13-4-5-14(16)11-13/h2-3,9,13-14,16H,4-8,10-12H2,1H3,(H2,18,19,20). The SMILES string of the molecule is COCCN=C(NCCc1ccco1)NC1CC2CCC1C2. The van der Waals surface area contributed by atoms with E-state index in [1.165, 1.54) is 25.7 Å². The predicted molar refractivity (Wildman–Crippen MR) is 87.0 cm³/mol. The number of guanidine groups is 1. The molecule has 5 heteroatoms. The molecule has 0 aromatic carbocycles. The van der Waals surface area contributed by atoms with Crippen LogP contribution in [0.15, 0.2) is 27.8 Å². The van der Waals surface area contributed by atoms with Crippen LogP contribution in [0.1, 0.15) is 31.4 Å². The largest absolute Gasteiger partial charge is 0.469 e. The molecule has 2 saturated carbocycles. The van der Waals surface area contributed by atoms with Gasteiger partial charge in [0.05, 0.1) is 19.4 Å². The Morgan fingerprint density at radius 3 is 3.05 bits per heavy atom. The van der Waals surface area contributed by atoms with E-state index < -0.39 is 0 Å². The van der Waals surface area contributed by atoms with E-state index in [1.807, 2.05) is 12.1 Å². The number of nitrogens with one attached hydrogen (secondary N) is 2. The highest BCUT2D eigenvalue weighted by atomic mass is 16.5. The van der Waals surface area contributed by atoms with Crippen LogP contribution in [0.25, 0.3) is 0 Å². The van der Waals surface area contributed by atoms with Gasteiger partial charge in [0.2, 0.25) is 0 Å². The number of rotatable bonds is 7. The number of aliphatic imine (C=N–C) groups is 1. The summed E-state index contributed by atoms with van der Waals surface area (Å²) in [5, 5.41) is 7.07. The summed E-state index contributed by atoms with van der Waals surface area (Å²) < 4.78 is 10.5. The second-order valence-corrected chi connectivity index (χ2v) is 6.40. The quantitative estimate of drug-likeness (QED) is 0.460. The molecule has 5 nitrogen and oxygen atoms in total. The summed E-state index contributed by atoms with van der Waals surface area (Å²) in [6.07, 6.45) is 8.08. The number of hydrogen-bond donors (Lipinski definition) is 2. The maximum atomic E-state index is 5.37. The van der Waals surface area contributed by atoms with E-state index in [1.54, 1.807) is 13.4 Å². The normalized spacial score (nSPS) is 27.3. The summed E-state index contributed by atoms with van der Waals surface area (Å²) in [6.45, 7) is 2.17. The Bertz CT molecular complexity index is 472. The minimum atomic E-state index is 0.594. The van der Waals surface area contributed by atoms with E-state index >= 15 is 0 Å². The lowest BCUT2D eigenvalue weighted by Crippen LogP contribution is -2.46. The molecular formula is C17H27N3O2. The Morgan fingerprint density at radius 2 is 2.36 bits per heavy atom. The average molecular weight is 305 g/mol. The van der Waals surface area contributed by atoms with Gasteiger partial charge in [-0.05, 0) is 43.2 Å². The Balaban J connectivity index is 1.49. The molecule has 0 spiro atoms. The minimum Gasteiger partial charge on any atom is -0.469 e. The van der Waals surface area contributed by atoms with Crippen LogP contribution in [0.5, 0.6) is 0 Å². The fraction of sp³-hybridized carbons (Fsp3) is 0.706. The van der Waals surface area contributed by atoms with Gasteiger partial charge in [0.25, 0.3) is 0 Å². The first-order valence-electron chi connectivity index (χ1n) is 8.41. The second kappa shape index (κ2) is 7.68. The summed E-state index contributed by atoms with van der Waals surface area (Å²) in [7, 11) is 1.71. The van der Waals surface area contributed by atoms with Gasteiger partial charge in [-0.2, -0.15) is 0 Å². The van der Waals surface area contributed by atoms with Crippen LogP contribution in [0.4, 0.5) is 0 Å². The van der Waals surface area contributed by atoms with Crippen molar-refractivity contribution in [1.29, 1.82) is 0 Å². The van der Waals surface area contributed by atoms with Gasteiger partial charge < -0.3 is 19.8 Å². The van der Waals surface area contributed by atoms with Crippen molar-refractivity contribution in [3.63, 3.8) is 0 Å². The van der Waals surface area contributed by atoms with Gasteiger partial charge in [-0.25, -0.2) is 0 Å². The number of methoxy groups -OCH3 is 1. The van der Waals surface area contributed by atoms with Crippen LogP contribution >= 0.6 is 0 Å². The minimum absolute atomic E-state index is 0.594. The number of nitrogens with zero attached hydrogens (tertiary/aromatic N) is 1. The van der Waals surface area contributed by atoms with E-state index in [0.29, 0.717) is 19.2 Å². The zero-order chi connectivity index (χ0) is 15.2. The molecule has 2 N–H and O–H groups in total. The summed E-state index contributed by atoms with van der Waals surface area (Å²) in [5.41, 5.74) is 0. The molecule has 2 aliphatic carbocycles. The maximum absolute atomic E-state index is 5.37. The second-order valence-electron chi connectivity index (χ2n) is 6.40. The average Bonchev–Trinajstić information content (AvgIpc) is 3.25. The highest BCUT2D eigenvalue weighted by Crippen LogP contribution is 2.44. The smallest absolute Gasteiger partial charge is 0.191 e. The Morgan fingerprint density at radius 1 is 1.41 bits per heavy atom. The van der Waals surface area contributed by atoms with Crippen molar-refractivity contribution in [2.75, 3.05) is 26.8 Å². The molecule has 0 amide bonds. The topological polar surface area (TPSA) is 58.8 Å². The molecule has 2 aliphatic rings. The summed E-state index contributed by atoms with van der Waals surface area (Å²) in [6, 6.07) is 4.53. The highest BCUT2D eigenvalue weighted by molar-refractivity contribution is 5.80. The van der Waals surface area contributed by atoms with Gasteiger partial charge >= 0.3 is 0 Å². The van der Waals surface area contributed by atoms with Crippen LogP contribution in [0.2, 0.25) is 0 Å². The molecule has 2 bridgehead atoms. The lowest BCUT2D eigenvalue weighted by Gasteiger charge is -2.25. The van der Waals surface area contributed by atoms with Gasteiger partial charge in [0.15, 0.2) is 5.96 Å². The molecule has 2 fully saturated rings. The van der Waals surface area contributed by atoms with E-state index in [2.05, 4.69) is 15.6 Å². The van der Waals surface area contributed by atoms with Gasteiger partial charge in [-0.3, -0.25) is 4.99 Å². The first-order valence-corrected chi connectivity index (χ1v) is 8.41. The highest BCUT2D eigenvalue weighted by Gasteiger charge is 2.39. The van der Waals surface area contributed by atoms with E-state index in [0.717, 1.165) is 36.5 Å². The molecule has 1 heterocycles. The molecular weight excluding hydrogens is 278 g/mol. The molecule has 0 radical (unpaired) electrons. The lowest BCUT2D eigenvalue weighted by atomic mass is 9.95. The van der Waals surface area contributed by atoms with Crippen molar-refractivity contribution in [3.8, 4) is 0 Å². The molecule has 3 unspecified atom stereocenters. The Kier molecular flexibility index (Phi) is 5.38. The monoisotopic (exact) mass is 305 g/mol. The third-order valence-electron chi connectivity index (χ3n) is 4.87. The molecule has 22 heavy (non-hydrogen) atoms. The number of furan rings is 1. The zero-order valence-electron chi connectivity index (χ0n) is 13.4. The third-order valence-corrected chi connectivity index (χ3v) is 4.87. The lowest BCUT2D eigenvalue weighted by molar-refractivity contribution is 0.207. The van der Waals surface area contributed by atoms with Crippen molar-refractivity contribution in [2.24, 2.45) is 16.8 Å². The first kappa shape index (κ1) is 15.4. The van der Waals surface area contributed by atoms with Crippen molar-refractivity contribution in [3.05, 3.63) is 24.2 Å². The van der Waals surface area contributed by atoms with E-state index in [9.17, 15) is 0 Å². The molecule has 122 valence electrons. The van der Waals surface area contributed by atoms with Crippen molar-refractivity contribution < 1.29 is 9.15 Å². The fourth-order valence-electron chi connectivity index (χ4n) is 3.76. The van der Waals surface area contributed by atoms with Gasteiger partial charge in [0, 0.05) is 26.1 Å². The van der Waals surface area contributed by atoms with Crippen molar-refractivity contribution >= 4 is 5.96 Å². The van der Waals surface area contributed by atoms with Crippen LogP contribution in [-0.4, -0.2) is 38.8 Å². The molecule has 1 aromatic heterocycles. The van der Waals surface area contributed by atoms with E-state index in [4.69, 9.17) is 9.15 Å². The molecule has 3 atom stereocenters. The van der Waals surface area contributed by atoms with Gasteiger partial charge in [-0.15, -0.1) is 0 Å². The number of ether oxygens (including phenoxy) is 1. The van der Waals surface area contributed by atoms with Crippen LogP contribution in [0.3, 0.4) is 0 Å². The zero-order valence-corrected chi connectivity index (χ0v) is 13.4. The summed E-state index contributed by atoms with van der Waals surface area (Å²) in [5.74, 6) is 3.69. The van der Waals surface area contributed by atoms with Crippen LogP contribution in [-0.2, 0) is 11.2 Å². The first-order chi connectivity index (χ1) is 10.8. The number of hydrogen-bond acceptors (Lipinski definition) is 3. The van der Waals surface area contributed by atoms with Crippen LogP contribution in [0, 0.1) is 11.8 Å². The van der Waals surface area contributed by atoms with Crippen molar-refractivity contribution in [2.45, 2.75) is 38.1 Å². The van der Waals surface area contributed by atoms with Crippen molar-refractivity contribution in [1.82, 2.24) is 10.6 Å². The molecule has 0 saturated heterocycles. The Labute approximate surface area is 132 Å². The molecule has 0 aliphatic heterocycles. The summed E-state index contributed by atoms with van der Waals surface area (Å²) >= 11 is 0. The molecule has 1 aromatic rings. The maximum Gasteiger partial charge on any atom is 0.191 e. The van der Waals surface area contributed by atoms with Crippen LogP contribution < -0.4 is 10.6 Å². The number of fused-ring (bicyclic) bond motifs is 2. The summed E-state index contributed by atoms with van der Waals surface area (Å²) in [4.78, 5) is 4.62. The Hall–Kier alpha value is -1.49. The van der Waals surface area contributed by atoms with E-state index in [-0.39, 0.29) is 0 Å².